The van der Waals surface area contributed by atoms with Crippen LogP contribution >= 0.6 is 0 Å². The number of nitrogens with zero attached hydrogens (tertiary/aromatic N) is 1. The van der Waals surface area contributed by atoms with E-state index in [1.165, 1.54) is 55.8 Å². The molecule has 2 aromatic carbocycles. The van der Waals surface area contributed by atoms with Crippen LogP contribution in [0.15, 0.2) is 60.8 Å². The van der Waals surface area contributed by atoms with Gasteiger partial charge in [0, 0.05) is 29.1 Å². The van der Waals surface area contributed by atoms with Gasteiger partial charge in [-0.05, 0) is 24.3 Å². The summed E-state index contributed by atoms with van der Waals surface area (Å²) < 4.78 is 43.6. The monoisotopic (exact) mass is 415 g/mol. The minimum absolute atomic E-state index is 0.0916. The van der Waals surface area contributed by atoms with E-state index < -0.39 is 23.4 Å². The lowest BCUT2D eigenvalue weighted by Crippen LogP contribution is -2.14. The van der Waals surface area contributed by atoms with Crippen LogP contribution in [-0.4, -0.2) is 28.8 Å². The van der Waals surface area contributed by atoms with Crippen molar-refractivity contribution in [3.05, 3.63) is 83.2 Å². The van der Waals surface area contributed by atoms with E-state index in [-0.39, 0.29) is 22.7 Å². The zero-order valence-electron chi connectivity index (χ0n) is 15.6. The molecule has 0 aliphatic rings. The van der Waals surface area contributed by atoms with E-state index in [1.807, 2.05) is 0 Å². The van der Waals surface area contributed by atoms with E-state index in [0.29, 0.717) is 11.3 Å². The first-order valence-corrected chi connectivity index (χ1v) is 8.60. The van der Waals surface area contributed by atoms with Crippen molar-refractivity contribution in [3.8, 4) is 11.5 Å². The summed E-state index contributed by atoms with van der Waals surface area (Å²) in [5.41, 5.74) is -0.313. The molecule has 0 fully saturated rings. The van der Waals surface area contributed by atoms with Gasteiger partial charge in [-0.15, -0.1) is 0 Å². The lowest BCUT2D eigenvalue weighted by molar-refractivity contribution is -0.137. The summed E-state index contributed by atoms with van der Waals surface area (Å²) in [6.45, 7) is 0. The van der Waals surface area contributed by atoms with E-state index >= 15 is 0 Å². The fourth-order valence-electron chi connectivity index (χ4n) is 2.70. The maximum atomic E-state index is 12.9. The quantitative estimate of drug-likeness (QED) is 0.536. The van der Waals surface area contributed by atoms with E-state index in [2.05, 4.69) is 10.3 Å². The first-order valence-electron chi connectivity index (χ1n) is 8.60. The van der Waals surface area contributed by atoms with Crippen molar-refractivity contribution in [2.45, 2.75) is 6.18 Å². The van der Waals surface area contributed by atoms with E-state index in [1.54, 1.807) is 0 Å². The van der Waals surface area contributed by atoms with Gasteiger partial charge in [-0.25, -0.2) is 4.98 Å². The van der Waals surface area contributed by atoms with Crippen LogP contribution in [-0.2, 0) is 6.18 Å². The first-order chi connectivity index (χ1) is 14.2. The Morgan fingerprint density at radius 3 is 2.43 bits per heavy atom. The summed E-state index contributed by atoms with van der Waals surface area (Å²) in [5, 5.41) is 20.7. The Kier molecular flexibility index (Phi) is 5.72. The number of hydrogen-bond acceptors (Lipinski definition) is 5. The van der Waals surface area contributed by atoms with Crippen LogP contribution in [0.1, 0.15) is 27.2 Å². The molecule has 30 heavy (non-hydrogen) atoms. The minimum atomic E-state index is -4.50. The molecule has 0 spiro atoms. The highest BCUT2D eigenvalue weighted by atomic mass is 19.4. The highest BCUT2D eigenvalue weighted by Crippen LogP contribution is 2.30. The number of anilines is 1. The van der Waals surface area contributed by atoms with Crippen molar-refractivity contribution in [1.82, 2.24) is 4.98 Å². The maximum Gasteiger partial charge on any atom is 0.416 e. The Labute approximate surface area is 169 Å². The predicted molar refractivity (Wildman–Crippen MR) is 104 cm³/mol. The molecule has 0 atom stereocenters. The van der Waals surface area contributed by atoms with Gasteiger partial charge in [-0.1, -0.05) is 24.3 Å². The summed E-state index contributed by atoms with van der Waals surface area (Å²) in [5.74, 6) is -0.979. The van der Waals surface area contributed by atoms with Crippen LogP contribution in [0.3, 0.4) is 0 Å². The zero-order valence-corrected chi connectivity index (χ0v) is 15.6. The van der Waals surface area contributed by atoms with Crippen LogP contribution in [0, 0.1) is 5.41 Å². The third-order valence-corrected chi connectivity index (χ3v) is 4.23. The number of aromatic nitrogens is 1. The maximum absolute atomic E-state index is 12.9. The summed E-state index contributed by atoms with van der Waals surface area (Å²) in [4.78, 5) is 16.2. The number of amides is 1. The van der Waals surface area contributed by atoms with Gasteiger partial charge >= 0.3 is 6.18 Å². The molecular formula is C21H16F3N3O3. The molecule has 3 rings (SSSR count). The standard InChI is InChI=1S/C21H16F3N3O3/c1-30-16-9-10-26-18(19(16)28)20(29)27-15-7-5-12(6-8-15)17(25)13-3-2-4-14(11-13)21(22,23)24/h2-11,25,28H,1H3,(H,27,29). The zero-order chi connectivity index (χ0) is 21.9. The normalized spacial score (nSPS) is 11.1. The fraction of sp³-hybridized carbons (Fsp3) is 0.0952. The molecule has 6 nitrogen and oxygen atoms in total. The number of carbonyl (C=O) groups excluding carboxylic acids is 1. The van der Waals surface area contributed by atoms with Gasteiger partial charge in [0.15, 0.2) is 17.2 Å². The van der Waals surface area contributed by atoms with Crippen molar-refractivity contribution >= 4 is 17.3 Å². The number of methoxy groups -OCH3 is 1. The fourth-order valence-corrected chi connectivity index (χ4v) is 2.70. The Hall–Kier alpha value is -3.88. The molecule has 0 bridgehead atoms. The second-order valence-electron chi connectivity index (χ2n) is 6.20. The molecule has 0 saturated carbocycles. The molecule has 0 aliphatic heterocycles. The van der Waals surface area contributed by atoms with Crippen LogP contribution in [0.4, 0.5) is 18.9 Å². The molecule has 0 saturated heterocycles. The van der Waals surface area contributed by atoms with Gasteiger partial charge < -0.3 is 15.2 Å². The highest BCUT2D eigenvalue weighted by Gasteiger charge is 2.30. The third-order valence-electron chi connectivity index (χ3n) is 4.23. The molecule has 1 amide bonds. The molecule has 0 radical (unpaired) electrons. The van der Waals surface area contributed by atoms with E-state index in [4.69, 9.17) is 10.1 Å². The summed E-state index contributed by atoms with van der Waals surface area (Å²) in [6, 6.07) is 11.9. The number of alkyl halides is 3. The highest BCUT2D eigenvalue weighted by molar-refractivity contribution is 6.11. The summed E-state index contributed by atoms with van der Waals surface area (Å²) in [6.07, 6.45) is -3.18. The molecule has 1 aromatic heterocycles. The molecule has 9 heteroatoms. The number of aromatic hydroxyl groups is 1. The summed E-state index contributed by atoms with van der Waals surface area (Å²) >= 11 is 0. The second kappa shape index (κ2) is 8.24. The SMILES string of the molecule is COc1ccnc(C(=O)Nc2ccc(C(=N)c3cccc(C(F)(F)F)c3)cc2)c1O. The number of ether oxygens (including phenoxy) is 1. The number of carbonyl (C=O) groups is 1. The molecule has 154 valence electrons. The van der Waals surface area contributed by atoms with Crippen LogP contribution in [0.2, 0.25) is 0 Å². The van der Waals surface area contributed by atoms with Crippen molar-refractivity contribution in [3.63, 3.8) is 0 Å². The molecule has 1 heterocycles. The largest absolute Gasteiger partial charge is 0.503 e. The lowest BCUT2D eigenvalue weighted by Gasteiger charge is -2.11. The summed E-state index contributed by atoms with van der Waals surface area (Å²) in [7, 11) is 1.34. The van der Waals surface area contributed by atoms with Crippen molar-refractivity contribution < 1.29 is 27.8 Å². The van der Waals surface area contributed by atoms with Gasteiger partial charge in [0.2, 0.25) is 0 Å². The number of pyridine rings is 1. The smallest absolute Gasteiger partial charge is 0.416 e. The van der Waals surface area contributed by atoms with Gasteiger partial charge in [0.05, 0.1) is 18.4 Å². The van der Waals surface area contributed by atoms with Crippen molar-refractivity contribution in [2.75, 3.05) is 12.4 Å². The van der Waals surface area contributed by atoms with Gasteiger partial charge in [-0.3, -0.25) is 10.2 Å². The lowest BCUT2D eigenvalue weighted by atomic mass is 10.00. The molecule has 0 aliphatic carbocycles. The number of halogens is 3. The van der Waals surface area contributed by atoms with Gasteiger partial charge in [-0.2, -0.15) is 13.2 Å². The average Bonchev–Trinajstić information content (AvgIpc) is 2.73. The first kappa shape index (κ1) is 20.8. The number of benzene rings is 2. The van der Waals surface area contributed by atoms with Crippen LogP contribution < -0.4 is 10.1 Å². The Morgan fingerprint density at radius 2 is 1.80 bits per heavy atom. The van der Waals surface area contributed by atoms with E-state index in [0.717, 1.165) is 12.1 Å². The number of rotatable bonds is 5. The average molecular weight is 415 g/mol. The third kappa shape index (κ3) is 4.40. The molecule has 0 unspecified atom stereocenters. The molecule has 3 N–H and O–H groups in total. The van der Waals surface area contributed by atoms with Crippen LogP contribution in [0.25, 0.3) is 0 Å². The molecular weight excluding hydrogens is 399 g/mol. The predicted octanol–water partition coefficient (Wildman–Crippen LogP) is 4.48. The Morgan fingerprint density at radius 1 is 1.10 bits per heavy atom. The van der Waals surface area contributed by atoms with E-state index in [9.17, 15) is 23.1 Å². The van der Waals surface area contributed by atoms with Crippen molar-refractivity contribution in [1.29, 1.82) is 5.41 Å². The van der Waals surface area contributed by atoms with Crippen LogP contribution in [0.5, 0.6) is 11.5 Å². The Bertz CT molecular complexity index is 1100. The topological polar surface area (TPSA) is 95.3 Å². The Balaban J connectivity index is 1.77. The number of hydrogen-bond donors (Lipinski definition) is 3. The number of nitrogens with one attached hydrogen (secondary N) is 2. The van der Waals surface area contributed by atoms with Gasteiger partial charge in [0.25, 0.3) is 5.91 Å². The molecule has 3 aromatic rings. The van der Waals surface area contributed by atoms with Gasteiger partial charge in [0.1, 0.15) is 0 Å². The minimum Gasteiger partial charge on any atom is -0.503 e. The van der Waals surface area contributed by atoms with Crippen molar-refractivity contribution in [2.24, 2.45) is 0 Å². The second-order valence-corrected chi connectivity index (χ2v) is 6.20.